The second kappa shape index (κ2) is 4.53. The Hall–Kier alpha value is -1.55. The molecule has 1 heterocycles. The summed E-state index contributed by atoms with van der Waals surface area (Å²) >= 11 is 0. The van der Waals surface area contributed by atoms with E-state index in [4.69, 9.17) is 5.73 Å². The van der Waals surface area contributed by atoms with Gasteiger partial charge in [-0.15, -0.1) is 0 Å². The van der Waals surface area contributed by atoms with E-state index < -0.39 is 0 Å². The number of hydrogen-bond donors (Lipinski definition) is 1. The first-order chi connectivity index (χ1) is 7.68. The lowest BCUT2D eigenvalue weighted by atomic mass is 10.0. The van der Waals surface area contributed by atoms with E-state index in [-0.39, 0.29) is 12.1 Å². The van der Waals surface area contributed by atoms with Crippen molar-refractivity contribution in [2.75, 3.05) is 26.7 Å². The van der Waals surface area contributed by atoms with Crippen molar-refractivity contribution in [3.8, 4) is 0 Å². The quantitative estimate of drug-likeness (QED) is 0.767. The van der Waals surface area contributed by atoms with Crippen LogP contribution in [0.3, 0.4) is 0 Å². The molecule has 0 saturated carbocycles. The number of hydrogen-bond acceptors (Lipinski definition) is 2. The van der Waals surface area contributed by atoms with E-state index in [1.165, 1.54) is 0 Å². The molecule has 4 nitrogen and oxygen atoms in total. The summed E-state index contributed by atoms with van der Waals surface area (Å²) < 4.78 is 0. The zero-order chi connectivity index (χ0) is 11.5. The largest absolute Gasteiger partial charge is 0.351 e. The van der Waals surface area contributed by atoms with Gasteiger partial charge in [-0.25, -0.2) is 4.79 Å². The van der Waals surface area contributed by atoms with Crippen molar-refractivity contribution in [1.82, 2.24) is 9.80 Å². The van der Waals surface area contributed by atoms with Crippen LogP contribution in [0.25, 0.3) is 0 Å². The summed E-state index contributed by atoms with van der Waals surface area (Å²) in [7, 11) is 2.06. The Labute approximate surface area is 95.6 Å². The molecule has 86 valence electrons. The van der Waals surface area contributed by atoms with Crippen molar-refractivity contribution in [1.29, 1.82) is 0 Å². The van der Waals surface area contributed by atoms with Gasteiger partial charge in [0.1, 0.15) is 0 Å². The molecule has 0 radical (unpaired) electrons. The lowest BCUT2D eigenvalue weighted by Crippen LogP contribution is -2.51. The van der Waals surface area contributed by atoms with Crippen LogP contribution in [0.1, 0.15) is 11.6 Å². The standard InChI is InChI=1S/C12H17N3O/c1-14-7-8-15(12(13)16)11(9-14)10-5-3-2-4-6-10/h2-6,11H,7-9H2,1H3,(H2,13,16)/t11-/m1/s1. The molecule has 4 heteroatoms. The number of carbonyl (C=O) groups excluding carboxylic acids is 1. The minimum Gasteiger partial charge on any atom is -0.351 e. The number of carbonyl (C=O) groups is 1. The first-order valence-electron chi connectivity index (χ1n) is 5.48. The maximum absolute atomic E-state index is 11.4. The molecule has 0 bridgehead atoms. The van der Waals surface area contributed by atoms with Gasteiger partial charge in [-0.05, 0) is 12.6 Å². The maximum atomic E-state index is 11.4. The van der Waals surface area contributed by atoms with Crippen LogP contribution < -0.4 is 5.73 Å². The molecular formula is C12H17N3O. The second-order valence-electron chi connectivity index (χ2n) is 4.22. The van der Waals surface area contributed by atoms with Crippen molar-refractivity contribution < 1.29 is 4.79 Å². The third-order valence-corrected chi connectivity index (χ3v) is 3.05. The Morgan fingerprint density at radius 2 is 2.00 bits per heavy atom. The van der Waals surface area contributed by atoms with Crippen molar-refractivity contribution in [3.63, 3.8) is 0 Å². The summed E-state index contributed by atoms with van der Waals surface area (Å²) in [6.07, 6.45) is 0. The number of amides is 2. The second-order valence-corrected chi connectivity index (χ2v) is 4.22. The Kier molecular flexibility index (Phi) is 3.10. The van der Waals surface area contributed by atoms with Gasteiger partial charge < -0.3 is 15.5 Å². The number of rotatable bonds is 1. The Bertz CT molecular complexity index is 366. The summed E-state index contributed by atoms with van der Waals surface area (Å²) in [6.45, 7) is 2.42. The molecule has 0 spiro atoms. The van der Waals surface area contributed by atoms with Crippen LogP contribution in [-0.2, 0) is 0 Å². The molecule has 16 heavy (non-hydrogen) atoms. The average molecular weight is 219 g/mol. The van der Waals surface area contributed by atoms with Gasteiger partial charge in [0.05, 0.1) is 6.04 Å². The summed E-state index contributed by atoms with van der Waals surface area (Å²) in [5.41, 5.74) is 6.55. The highest BCUT2D eigenvalue weighted by Gasteiger charge is 2.28. The minimum atomic E-state index is -0.332. The highest BCUT2D eigenvalue weighted by atomic mass is 16.2. The first kappa shape index (κ1) is 11.0. The fourth-order valence-corrected chi connectivity index (χ4v) is 2.14. The van der Waals surface area contributed by atoms with E-state index in [0.717, 1.165) is 18.7 Å². The topological polar surface area (TPSA) is 49.6 Å². The molecular weight excluding hydrogens is 202 g/mol. The molecule has 2 amide bonds. The summed E-state index contributed by atoms with van der Waals surface area (Å²) in [4.78, 5) is 15.3. The highest BCUT2D eigenvalue weighted by Crippen LogP contribution is 2.24. The van der Waals surface area contributed by atoms with Crippen LogP contribution in [0, 0.1) is 0 Å². The third kappa shape index (κ3) is 2.17. The predicted octanol–water partition coefficient (Wildman–Crippen LogP) is 1.05. The molecule has 1 atom stereocenters. The minimum absolute atomic E-state index is 0.0810. The Morgan fingerprint density at radius 1 is 1.31 bits per heavy atom. The number of piperazine rings is 1. The van der Waals surface area contributed by atoms with Crippen LogP contribution in [0.15, 0.2) is 30.3 Å². The lowest BCUT2D eigenvalue weighted by Gasteiger charge is -2.39. The molecule has 2 rings (SSSR count). The van der Waals surface area contributed by atoms with Crippen LogP contribution >= 0.6 is 0 Å². The zero-order valence-electron chi connectivity index (χ0n) is 9.47. The summed E-state index contributed by atoms with van der Waals surface area (Å²) in [6, 6.07) is 9.79. The molecule has 2 N–H and O–H groups in total. The van der Waals surface area contributed by atoms with Gasteiger partial charge in [-0.2, -0.15) is 0 Å². The molecule has 1 aromatic rings. The van der Waals surface area contributed by atoms with Crippen molar-refractivity contribution in [2.45, 2.75) is 6.04 Å². The number of primary amides is 1. The summed E-state index contributed by atoms with van der Waals surface area (Å²) in [5.74, 6) is 0. The molecule has 0 unspecified atom stereocenters. The van der Waals surface area contributed by atoms with Gasteiger partial charge in [0.2, 0.25) is 0 Å². The number of likely N-dealkylation sites (N-methyl/N-ethyl adjacent to an activating group) is 1. The number of nitrogens with zero attached hydrogens (tertiary/aromatic N) is 2. The fourth-order valence-electron chi connectivity index (χ4n) is 2.14. The Balaban J connectivity index is 2.24. The van der Waals surface area contributed by atoms with Crippen molar-refractivity contribution >= 4 is 6.03 Å². The smallest absolute Gasteiger partial charge is 0.315 e. The van der Waals surface area contributed by atoms with Gasteiger partial charge in [0.15, 0.2) is 0 Å². The van der Waals surface area contributed by atoms with Crippen molar-refractivity contribution in [2.24, 2.45) is 5.73 Å². The van der Waals surface area contributed by atoms with E-state index in [2.05, 4.69) is 11.9 Å². The normalized spacial score (nSPS) is 22.1. The lowest BCUT2D eigenvalue weighted by molar-refractivity contribution is 0.114. The zero-order valence-corrected chi connectivity index (χ0v) is 9.47. The Morgan fingerprint density at radius 3 is 2.62 bits per heavy atom. The molecule has 1 aliphatic heterocycles. The first-order valence-corrected chi connectivity index (χ1v) is 5.48. The molecule has 1 aromatic carbocycles. The van der Waals surface area contributed by atoms with E-state index in [0.29, 0.717) is 6.54 Å². The average Bonchev–Trinajstić information content (AvgIpc) is 2.29. The predicted molar refractivity (Wildman–Crippen MR) is 63.0 cm³/mol. The van der Waals surface area contributed by atoms with Crippen molar-refractivity contribution in [3.05, 3.63) is 35.9 Å². The fraction of sp³-hybridized carbons (Fsp3) is 0.417. The maximum Gasteiger partial charge on any atom is 0.315 e. The van der Waals surface area contributed by atoms with Gasteiger partial charge >= 0.3 is 6.03 Å². The highest BCUT2D eigenvalue weighted by molar-refractivity contribution is 5.72. The molecule has 0 aliphatic carbocycles. The van der Waals surface area contributed by atoms with E-state index in [9.17, 15) is 4.79 Å². The molecule has 0 aromatic heterocycles. The number of benzene rings is 1. The van der Waals surface area contributed by atoms with E-state index in [1.54, 1.807) is 4.90 Å². The van der Waals surface area contributed by atoms with Gasteiger partial charge in [-0.1, -0.05) is 30.3 Å². The van der Waals surface area contributed by atoms with Crippen LogP contribution in [0.4, 0.5) is 4.79 Å². The molecule has 1 saturated heterocycles. The van der Waals surface area contributed by atoms with E-state index >= 15 is 0 Å². The molecule has 1 fully saturated rings. The van der Waals surface area contributed by atoms with Gasteiger partial charge in [-0.3, -0.25) is 0 Å². The van der Waals surface area contributed by atoms with E-state index in [1.807, 2.05) is 30.3 Å². The summed E-state index contributed by atoms with van der Waals surface area (Å²) in [5, 5.41) is 0. The van der Waals surface area contributed by atoms with Crippen LogP contribution in [-0.4, -0.2) is 42.5 Å². The van der Waals surface area contributed by atoms with Gasteiger partial charge in [0, 0.05) is 19.6 Å². The van der Waals surface area contributed by atoms with Crippen LogP contribution in [0.5, 0.6) is 0 Å². The monoisotopic (exact) mass is 219 g/mol. The number of nitrogens with two attached hydrogens (primary N) is 1. The number of urea groups is 1. The van der Waals surface area contributed by atoms with Crippen LogP contribution in [0.2, 0.25) is 0 Å². The SMILES string of the molecule is CN1CCN(C(N)=O)[C@@H](c2ccccc2)C1. The van der Waals surface area contributed by atoms with Gasteiger partial charge in [0.25, 0.3) is 0 Å². The third-order valence-electron chi connectivity index (χ3n) is 3.05. The molecule has 1 aliphatic rings.